The van der Waals surface area contributed by atoms with E-state index in [2.05, 4.69) is 32.6 Å². The molecule has 1 amide bonds. The Bertz CT molecular complexity index is 272. The molecule has 1 aliphatic rings. The van der Waals surface area contributed by atoms with Crippen LogP contribution in [0.2, 0.25) is 0 Å². The van der Waals surface area contributed by atoms with Crippen molar-refractivity contribution in [3.63, 3.8) is 0 Å². The van der Waals surface area contributed by atoms with Gasteiger partial charge < -0.3 is 10.6 Å². The quantitative estimate of drug-likeness (QED) is 0.792. The van der Waals surface area contributed by atoms with E-state index in [4.69, 9.17) is 5.73 Å². The molecule has 0 bridgehead atoms. The van der Waals surface area contributed by atoms with E-state index in [1.807, 2.05) is 0 Å². The maximum absolute atomic E-state index is 12.7. The lowest BCUT2D eigenvalue weighted by atomic mass is 9.80. The van der Waals surface area contributed by atoms with Gasteiger partial charge in [0.25, 0.3) is 0 Å². The third-order valence-electron chi connectivity index (χ3n) is 5.42. The minimum absolute atomic E-state index is 0.291. The van der Waals surface area contributed by atoms with E-state index in [1.165, 1.54) is 12.8 Å². The van der Waals surface area contributed by atoms with Gasteiger partial charge in [0.2, 0.25) is 5.91 Å². The van der Waals surface area contributed by atoms with Crippen molar-refractivity contribution in [2.45, 2.75) is 59.8 Å². The van der Waals surface area contributed by atoms with Crippen molar-refractivity contribution in [1.29, 1.82) is 0 Å². The Balaban J connectivity index is 2.81. The van der Waals surface area contributed by atoms with Gasteiger partial charge in [-0.2, -0.15) is 0 Å². The number of hydrogen-bond donors (Lipinski definition) is 1. The summed E-state index contributed by atoms with van der Waals surface area (Å²) < 4.78 is 0. The molecule has 1 rings (SSSR count). The molecule has 0 aromatic carbocycles. The molecular formula is C15H30N2O. The van der Waals surface area contributed by atoms with Crippen molar-refractivity contribution >= 4 is 5.91 Å². The Morgan fingerprint density at radius 2 is 1.78 bits per heavy atom. The van der Waals surface area contributed by atoms with Gasteiger partial charge in [0.05, 0.1) is 5.41 Å². The van der Waals surface area contributed by atoms with Crippen molar-refractivity contribution in [2.24, 2.45) is 16.6 Å². The van der Waals surface area contributed by atoms with Crippen LogP contribution >= 0.6 is 0 Å². The number of carbonyl (C=O) groups is 1. The predicted octanol–water partition coefficient (Wildman–Crippen LogP) is 2.79. The summed E-state index contributed by atoms with van der Waals surface area (Å²) in [4.78, 5) is 14.8. The van der Waals surface area contributed by atoms with Gasteiger partial charge in [-0.3, -0.25) is 4.79 Å². The van der Waals surface area contributed by atoms with Crippen LogP contribution in [0.5, 0.6) is 0 Å². The Morgan fingerprint density at radius 3 is 2.11 bits per heavy atom. The second-order valence-electron chi connectivity index (χ2n) is 5.88. The molecule has 18 heavy (non-hydrogen) atoms. The Morgan fingerprint density at radius 1 is 1.22 bits per heavy atom. The molecule has 0 aromatic rings. The van der Waals surface area contributed by atoms with Crippen molar-refractivity contribution in [2.75, 3.05) is 19.6 Å². The number of likely N-dealkylation sites (tertiary alicyclic amines) is 1. The fourth-order valence-electron chi connectivity index (χ4n) is 3.20. The van der Waals surface area contributed by atoms with Gasteiger partial charge >= 0.3 is 0 Å². The molecule has 106 valence electrons. The maximum Gasteiger partial charge on any atom is 0.230 e. The normalized spacial score (nSPS) is 19.3. The minimum Gasteiger partial charge on any atom is -0.342 e. The smallest absolute Gasteiger partial charge is 0.230 e. The third-order valence-corrected chi connectivity index (χ3v) is 5.42. The van der Waals surface area contributed by atoms with Crippen molar-refractivity contribution in [3.8, 4) is 0 Å². The Labute approximate surface area is 112 Å². The lowest BCUT2D eigenvalue weighted by molar-refractivity contribution is -0.141. The first-order valence-electron chi connectivity index (χ1n) is 7.52. The molecule has 1 heterocycles. The van der Waals surface area contributed by atoms with Crippen LogP contribution in [0.4, 0.5) is 0 Å². The standard InChI is InChI=1S/C15H30N2O/c1-5-14(6-2)9-10-17(12-14)13(18)15(7-3,8-4)11-16/h5-12,16H2,1-4H3. The summed E-state index contributed by atoms with van der Waals surface area (Å²) >= 11 is 0. The highest BCUT2D eigenvalue weighted by Gasteiger charge is 2.43. The van der Waals surface area contributed by atoms with Gasteiger partial charge in [0.1, 0.15) is 0 Å². The monoisotopic (exact) mass is 254 g/mol. The Kier molecular flexibility index (Phi) is 5.20. The van der Waals surface area contributed by atoms with E-state index in [1.54, 1.807) is 0 Å². The molecule has 0 atom stereocenters. The molecule has 0 aliphatic carbocycles. The minimum atomic E-state index is -0.322. The predicted molar refractivity (Wildman–Crippen MR) is 76.3 cm³/mol. The molecule has 0 aromatic heterocycles. The molecule has 0 spiro atoms. The van der Waals surface area contributed by atoms with Gasteiger partial charge in [-0.25, -0.2) is 0 Å². The number of amides is 1. The van der Waals surface area contributed by atoms with E-state index in [9.17, 15) is 4.79 Å². The summed E-state index contributed by atoms with van der Waals surface area (Å²) in [5.41, 5.74) is 5.92. The lowest BCUT2D eigenvalue weighted by Gasteiger charge is -2.34. The molecule has 1 saturated heterocycles. The first-order chi connectivity index (χ1) is 8.53. The SMILES string of the molecule is CCC1(CC)CCN(C(=O)C(CC)(CC)CN)C1. The lowest BCUT2D eigenvalue weighted by Crippen LogP contribution is -2.47. The maximum atomic E-state index is 12.7. The van der Waals surface area contributed by atoms with Gasteiger partial charge in [-0.05, 0) is 37.5 Å². The molecule has 1 fully saturated rings. The van der Waals surface area contributed by atoms with E-state index >= 15 is 0 Å². The molecule has 0 radical (unpaired) electrons. The fraction of sp³-hybridized carbons (Fsp3) is 0.933. The Hall–Kier alpha value is -0.570. The zero-order valence-corrected chi connectivity index (χ0v) is 12.6. The zero-order valence-electron chi connectivity index (χ0n) is 12.6. The van der Waals surface area contributed by atoms with Crippen LogP contribution in [0.15, 0.2) is 0 Å². The van der Waals surface area contributed by atoms with Crippen LogP contribution in [0.3, 0.4) is 0 Å². The molecule has 3 nitrogen and oxygen atoms in total. The van der Waals surface area contributed by atoms with Gasteiger partial charge in [0, 0.05) is 19.6 Å². The number of hydrogen-bond acceptors (Lipinski definition) is 2. The van der Waals surface area contributed by atoms with Crippen LogP contribution < -0.4 is 5.73 Å². The van der Waals surface area contributed by atoms with Crippen LogP contribution in [0.25, 0.3) is 0 Å². The fourth-order valence-corrected chi connectivity index (χ4v) is 3.20. The topological polar surface area (TPSA) is 46.3 Å². The second-order valence-corrected chi connectivity index (χ2v) is 5.88. The summed E-state index contributed by atoms with van der Waals surface area (Å²) in [5.74, 6) is 0.291. The zero-order chi connectivity index (χ0) is 13.8. The summed E-state index contributed by atoms with van der Waals surface area (Å²) in [7, 11) is 0. The van der Waals surface area contributed by atoms with Gasteiger partial charge in [-0.1, -0.05) is 27.7 Å². The first-order valence-corrected chi connectivity index (χ1v) is 7.52. The third kappa shape index (κ3) is 2.56. The average Bonchev–Trinajstić information content (AvgIpc) is 2.86. The van der Waals surface area contributed by atoms with E-state index < -0.39 is 0 Å². The summed E-state index contributed by atoms with van der Waals surface area (Å²) in [6.45, 7) is 11.0. The van der Waals surface area contributed by atoms with Gasteiger partial charge in [-0.15, -0.1) is 0 Å². The van der Waals surface area contributed by atoms with Crippen LogP contribution in [-0.4, -0.2) is 30.4 Å². The molecule has 1 aliphatic heterocycles. The van der Waals surface area contributed by atoms with Crippen molar-refractivity contribution in [3.05, 3.63) is 0 Å². The van der Waals surface area contributed by atoms with Crippen LogP contribution in [0.1, 0.15) is 59.8 Å². The summed E-state index contributed by atoms with van der Waals surface area (Å²) in [6, 6.07) is 0. The average molecular weight is 254 g/mol. The highest BCUT2D eigenvalue weighted by atomic mass is 16.2. The molecular weight excluding hydrogens is 224 g/mol. The van der Waals surface area contributed by atoms with E-state index in [-0.39, 0.29) is 5.41 Å². The first kappa shape index (κ1) is 15.5. The highest BCUT2D eigenvalue weighted by Crippen LogP contribution is 2.39. The largest absolute Gasteiger partial charge is 0.342 e. The highest BCUT2D eigenvalue weighted by molar-refractivity contribution is 5.83. The molecule has 3 heteroatoms. The van der Waals surface area contributed by atoms with E-state index in [0.717, 1.165) is 32.4 Å². The summed E-state index contributed by atoms with van der Waals surface area (Å²) in [5, 5.41) is 0. The van der Waals surface area contributed by atoms with Crippen LogP contribution in [0, 0.1) is 10.8 Å². The summed E-state index contributed by atoms with van der Waals surface area (Å²) in [6.07, 6.45) is 5.18. The van der Waals surface area contributed by atoms with Gasteiger partial charge in [0.15, 0.2) is 0 Å². The number of nitrogens with two attached hydrogens (primary N) is 1. The molecule has 0 saturated carbocycles. The number of nitrogens with zero attached hydrogens (tertiary/aromatic N) is 1. The van der Waals surface area contributed by atoms with Crippen molar-refractivity contribution in [1.82, 2.24) is 4.90 Å². The van der Waals surface area contributed by atoms with Crippen molar-refractivity contribution < 1.29 is 4.79 Å². The van der Waals surface area contributed by atoms with Crippen LogP contribution in [-0.2, 0) is 4.79 Å². The number of rotatable bonds is 6. The number of carbonyl (C=O) groups excluding carboxylic acids is 1. The van der Waals surface area contributed by atoms with E-state index in [0.29, 0.717) is 17.9 Å². The molecule has 0 unspecified atom stereocenters. The second kappa shape index (κ2) is 6.05. The molecule has 2 N–H and O–H groups in total.